The predicted molar refractivity (Wildman–Crippen MR) is 109 cm³/mol. The van der Waals surface area contributed by atoms with Crippen LogP contribution in [-0.4, -0.2) is 36.8 Å². The number of hydrogen-bond acceptors (Lipinski definition) is 4. The maximum atomic E-state index is 13.5. The Kier molecular flexibility index (Phi) is 4.75. The van der Waals surface area contributed by atoms with E-state index in [0.717, 1.165) is 22.1 Å². The van der Waals surface area contributed by atoms with Gasteiger partial charge in [-0.3, -0.25) is 4.79 Å². The summed E-state index contributed by atoms with van der Waals surface area (Å²) in [6.45, 7) is 4.21. The number of carbonyl (C=O) groups excluding carboxylic acids is 1. The van der Waals surface area contributed by atoms with Crippen LogP contribution in [0.4, 0.5) is 0 Å². The summed E-state index contributed by atoms with van der Waals surface area (Å²) < 4.78 is 30.0. The van der Waals surface area contributed by atoms with E-state index in [1.165, 1.54) is 0 Å². The Labute approximate surface area is 164 Å². The normalized spacial score (nSPS) is 18.4. The molecule has 4 rings (SSSR count). The second-order valence-electron chi connectivity index (χ2n) is 7.53. The maximum Gasteiger partial charge on any atom is 0.290 e. The van der Waals surface area contributed by atoms with E-state index in [2.05, 4.69) is 0 Å². The number of furan rings is 1. The predicted octanol–water partition coefficient (Wildman–Crippen LogP) is 3.88. The topological polar surface area (TPSA) is 67.6 Å². The quantitative estimate of drug-likeness (QED) is 0.670. The first-order valence-corrected chi connectivity index (χ1v) is 11.2. The Hall–Kier alpha value is -2.60. The fraction of sp³-hybridized carbons (Fsp3) is 0.318. The first kappa shape index (κ1) is 18.7. The van der Waals surface area contributed by atoms with Crippen molar-refractivity contribution in [2.24, 2.45) is 0 Å². The fourth-order valence-electron chi connectivity index (χ4n) is 3.84. The molecule has 1 fully saturated rings. The van der Waals surface area contributed by atoms with Crippen LogP contribution in [0.2, 0.25) is 0 Å². The summed E-state index contributed by atoms with van der Waals surface area (Å²) in [6.07, 6.45) is 0.458. The van der Waals surface area contributed by atoms with Crippen molar-refractivity contribution in [2.75, 3.05) is 11.5 Å². The highest BCUT2D eigenvalue weighted by molar-refractivity contribution is 7.91. The average molecular weight is 397 g/mol. The highest BCUT2D eigenvalue weighted by atomic mass is 32.2. The number of amides is 1. The van der Waals surface area contributed by atoms with Gasteiger partial charge in [0.2, 0.25) is 0 Å². The number of carbonyl (C=O) groups is 1. The van der Waals surface area contributed by atoms with Gasteiger partial charge < -0.3 is 9.32 Å². The van der Waals surface area contributed by atoms with Crippen LogP contribution in [-0.2, 0) is 16.4 Å². The molecule has 146 valence electrons. The smallest absolute Gasteiger partial charge is 0.290 e. The molecule has 28 heavy (non-hydrogen) atoms. The molecular weight excluding hydrogens is 374 g/mol. The van der Waals surface area contributed by atoms with Gasteiger partial charge in [-0.25, -0.2) is 8.42 Å². The van der Waals surface area contributed by atoms with Crippen LogP contribution in [0.25, 0.3) is 11.0 Å². The molecule has 0 bridgehead atoms. The van der Waals surface area contributed by atoms with E-state index in [4.69, 9.17) is 4.42 Å². The summed E-state index contributed by atoms with van der Waals surface area (Å²) in [5, 5.41) is 0.910. The van der Waals surface area contributed by atoms with E-state index in [0.29, 0.717) is 24.3 Å². The molecule has 0 radical (unpaired) electrons. The molecule has 1 amide bonds. The Bertz CT molecular complexity index is 1130. The fourth-order valence-corrected chi connectivity index (χ4v) is 5.57. The van der Waals surface area contributed by atoms with Crippen molar-refractivity contribution in [1.82, 2.24) is 4.90 Å². The minimum Gasteiger partial charge on any atom is -0.451 e. The molecule has 6 heteroatoms. The number of nitrogens with zero attached hydrogens (tertiary/aromatic N) is 1. The van der Waals surface area contributed by atoms with Gasteiger partial charge in [-0.15, -0.1) is 0 Å². The van der Waals surface area contributed by atoms with E-state index < -0.39 is 9.84 Å². The number of fused-ring (bicyclic) bond motifs is 1. The number of aryl methyl sites for hydroxylation is 2. The zero-order valence-electron chi connectivity index (χ0n) is 16.0. The van der Waals surface area contributed by atoms with Gasteiger partial charge in [0.1, 0.15) is 5.58 Å². The summed E-state index contributed by atoms with van der Waals surface area (Å²) in [7, 11) is -3.11. The lowest BCUT2D eigenvalue weighted by molar-refractivity contribution is 0.0649. The molecule has 0 N–H and O–H groups in total. The first-order chi connectivity index (χ1) is 13.3. The van der Waals surface area contributed by atoms with Crippen LogP contribution in [0, 0.1) is 13.8 Å². The zero-order valence-corrected chi connectivity index (χ0v) is 16.8. The monoisotopic (exact) mass is 397 g/mol. The molecule has 1 aliphatic heterocycles. The number of sulfone groups is 1. The summed E-state index contributed by atoms with van der Waals surface area (Å²) in [5.41, 5.74) is 3.49. The molecule has 2 aromatic carbocycles. The summed E-state index contributed by atoms with van der Waals surface area (Å²) in [6, 6.07) is 15.2. The minimum atomic E-state index is -3.11. The number of rotatable bonds is 4. The molecule has 1 aromatic heterocycles. The maximum absolute atomic E-state index is 13.5. The van der Waals surface area contributed by atoms with Crippen LogP contribution < -0.4 is 0 Å². The van der Waals surface area contributed by atoms with Gasteiger partial charge in [0.05, 0.1) is 11.5 Å². The third-order valence-electron chi connectivity index (χ3n) is 5.39. The molecule has 0 unspecified atom stereocenters. The second-order valence-corrected chi connectivity index (χ2v) is 9.76. The highest BCUT2D eigenvalue weighted by Gasteiger charge is 2.36. The third-order valence-corrected chi connectivity index (χ3v) is 7.14. The lowest BCUT2D eigenvalue weighted by atomic mass is 10.1. The summed E-state index contributed by atoms with van der Waals surface area (Å²) in [4.78, 5) is 15.1. The van der Waals surface area contributed by atoms with Crippen molar-refractivity contribution >= 4 is 26.7 Å². The molecule has 0 aliphatic carbocycles. The van der Waals surface area contributed by atoms with Gasteiger partial charge in [-0.2, -0.15) is 0 Å². The van der Waals surface area contributed by atoms with Crippen LogP contribution in [0.3, 0.4) is 0 Å². The number of hydrogen-bond donors (Lipinski definition) is 0. The first-order valence-electron chi connectivity index (χ1n) is 9.39. The molecule has 1 saturated heterocycles. The van der Waals surface area contributed by atoms with Crippen molar-refractivity contribution in [3.8, 4) is 0 Å². The van der Waals surface area contributed by atoms with Gasteiger partial charge in [0, 0.05) is 23.5 Å². The molecule has 0 spiro atoms. The highest BCUT2D eigenvalue weighted by Crippen LogP contribution is 2.29. The lowest BCUT2D eigenvalue weighted by Gasteiger charge is -2.28. The average Bonchev–Trinajstić information content (AvgIpc) is 3.19. The van der Waals surface area contributed by atoms with Crippen molar-refractivity contribution < 1.29 is 17.6 Å². The van der Waals surface area contributed by atoms with Gasteiger partial charge in [-0.1, -0.05) is 42.5 Å². The van der Waals surface area contributed by atoms with Crippen LogP contribution in [0.1, 0.15) is 33.7 Å². The van der Waals surface area contributed by atoms with Gasteiger partial charge >= 0.3 is 0 Å². The molecule has 5 nitrogen and oxygen atoms in total. The van der Waals surface area contributed by atoms with Crippen molar-refractivity contribution in [1.29, 1.82) is 0 Å². The third kappa shape index (κ3) is 3.56. The van der Waals surface area contributed by atoms with Gasteiger partial charge in [0.25, 0.3) is 5.91 Å². The van der Waals surface area contributed by atoms with Gasteiger partial charge in [-0.05, 0) is 37.5 Å². The minimum absolute atomic E-state index is 0.00393. The van der Waals surface area contributed by atoms with E-state index in [9.17, 15) is 13.2 Å². The standard InChI is InChI=1S/C22H23NO4S/c1-15-8-9-19-16(2)21(27-20(19)12-15)22(24)23(13-17-6-4-3-5-7-17)18-10-11-28(25,26)14-18/h3-9,12,18H,10-11,13-14H2,1-2H3/t18-/m0/s1. The van der Waals surface area contributed by atoms with Crippen LogP contribution in [0.5, 0.6) is 0 Å². The largest absolute Gasteiger partial charge is 0.451 e. The zero-order chi connectivity index (χ0) is 19.9. The SMILES string of the molecule is Cc1ccc2c(C)c(C(=O)N(Cc3ccccc3)[C@H]3CCS(=O)(=O)C3)oc2c1. The second kappa shape index (κ2) is 7.09. The summed E-state index contributed by atoms with van der Waals surface area (Å²) in [5.74, 6) is 0.163. The van der Waals surface area contributed by atoms with E-state index in [-0.39, 0.29) is 23.5 Å². The Balaban J connectivity index is 1.73. The molecular formula is C22H23NO4S. The van der Waals surface area contributed by atoms with Gasteiger partial charge in [0.15, 0.2) is 15.6 Å². The lowest BCUT2D eigenvalue weighted by Crippen LogP contribution is -2.40. The van der Waals surface area contributed by atoms with Crippen LogP contribution in [0.15, 0.2) is 52.9 Å². The van der Waals surface area contributed by atoms with E-state index >= 15 is 0 Å². The van der Waals surface area contributed by atoms with Crippen molar-refractivity contribution in [3.05, 3.63) is 71.0 Å². The van der Waals surface area contributed by atoms with Crippen molar-refractivity contribution in [3.63, 3.8) is 0 Å². The van der Waals surface area contributed by atoms with E-state index in [1.54, 1.807) is 4.90 Å². The van der Waals surface area contributed by atoms with E-state index in [1.807, 2.05) is 62.4 Å². The Morgan fingerprint density at radius 3 is 2.57 bits per heavy atom. The molecule has 0 saturated carbocycles. The molecule has 1 aliphatic rings. The number of benzene rings is 2. The molecule has 2 heterocycles. The Morgan fingerprint density at radius 2 is 1.89 bits per heavy atom. The molecule has 1 atom stereocenters. The molecule has 3 aromatic rings. The van der Waals surface area contributed by atoms with Crippen molar-refractivity contribution in [2.45, 2.75) is 32.9 Å². The Morgan fingerprint density at radius 1 is 1.14 bits per heavy atom. The summed E-state index contributed by atoms with van der Waals surface area (Å²) >= 11 is 0. The van der Waals surface area contributed by atoms with Crippen LogP contribution >= 0.6 is 0 Å².